The van der Waals surface area contributed by atoms with E-state index in [9.17, 15) is 13.2 Å². The summed E-state index contributed by atoms with van der Waals surface area (Å²) in [6.07, 6.45) is -4.69. The Kier molecular flexibility index (Phi) is 5.24. The van der Waals surface area contributed by atoms with E-state index in [4.69, 9.17) is 0 Å². The summed E-state index contributed by atoms with van der Waals surface area (Å²) in [6, 6.07) is 15.7. The summed E-state index contributed by atoms with van der Waals surface area (Å²) in [5.74, 6) is -0.154. The number of benzene rings is 3. The summed E-state index contributed by atoms with van der Waals surface area (Å²) in [5, 5.41) is 0. The van der Waals surface area contributed by atoms with Crippen molar-refractivity contribution in [3.63, 3.8) is 0 Å². The van der Waals surface area contributed by atoms with Gasteiger partial charge < -0.3 is 4.74 Å². The van der Waals surface area contributed by atoms with Crippen molar-refractivity contribution in [1.82, 2.24) is 0 Å². The molecule has 0 spiro atoms. The molecule has 0 radical (unpaired) electrons. The van der Waals surface area contributed by atoms with Gasteiger partial charge in [-0.05, 0) is 90.8 Å². The first-order valence-corrected chi connectivity index (χ1v) is 9.11. The second-order valence-electron chi connectivity index (χ2n) is 7.24. The van der Waals surface area contributed by atoms with Gasteiger partial charge in [-0.25, -0.2) is 0 Å². The normalized spacial score (nSPS) is 11.6. The van der Waals surface area contributed by atoms with Crippen molar-refractivity contribution in [2.75, 3.05) is 0 Å². The third-order valence-electron chi connectivity index (χ3n) is 5.32. The van der Waals surface area contributed by atoms with E-state index in [1.807, 2.05) is 19.9 Å². The van der Waals surface area contributed by atoms with E-state index < -0.39 is 6.36 Å². The van der Waals surface area contributed by atoms with Crippen LogP contribution in [0.25, 0.3) is 22.3 Å². The lowest BCUT2D eigenvalue weighted by Crippen LogP contribution is -2.18. The lowest BCUT2D eigenvalue weighted by molar-refractivity contribution is -0.274. The Morgan fingerprint density at radius 2 is 1.18 bits per heavy atom. The van der Waals surface area contributed by atoms with E-state index >= 15 is 0 Å². The number of rotatable bonds is 3. The Morgan fingerprint density at radius 3 is 1.75 bits per heavy atom. The predicted molar refractivity (Wildman–Crippen MR) is 108 cm³/mol. The van der Waals surface area contributed by atoms with Crippen molar-refractivity contribution in [3.8, 4) is 28.0 Å². The summed E-state index contributed by atoms with van der Waals surface area (Å²) in [5.41, 5.74) is 9.03. The summed E-state index contributed by atoms with van der Waals surface area (Å²) >= 11 is 0. The van der Waals surface area contributed by atoms with E-state index in [-0.39, 0.29) is 5.75 Å². The van der Waals surface area contributed by atoms with Crippen molar-refractivity contribution in [2.24, 2.45) is 0 Å². The molecule has 0 bridgehead atoms. The smallest absolute Gasteiger partial charge is 0.406 e. The van der Waals surface area contributed by atoms with Crippen LogP contribution in [0.4, 0.5) is 13.2 Å². The molecule has 0 heterocycles. The average molecular weight is 384 g/mol. The average Bonchev–Trinajstić information content (AvgIpc) is 2.61. The fourth-order valence-electron chi connectivity index (χ4n) is 3.39. The maximum atomic E-state index is 12.6. The molecule has 3 rings (SSSR count). The first-order valence-electron chi connectivity index (χ1n) is 9.11. The van der Waals surface area contributed by atoms with E-state index in [1.54, 1.807) is 13.0 Å². The maximum absolute atomic E-state index is 12.6. The lowest BCUT2D eigenvalue weighted by Gasteiger charge is -2.17. The molecule has 4 heteroatoms. The molecule has 3 aromatic rings. The fraction of sp³-hybridized carbons (Fsp3) is 0.250. The predicted octanol–water partition coefficient (Wildman–Crippen LogP) is 7.46. The van der Waals surface area contributed by atoms with Gasteiger partial charge in [0, 0.05) is 0 Å². The van der Waals surface area contributed by atoms with Crippen LogP contribution in [0.5, 0.6) is 5.75 Å². The minimum atomic E-state index is -4.69. The molecule has 0 aliphatic heterocycles. The Bertz CT molecular complexity index is 1030. The number of aryl methyl sites for hydroxylation is 3. The van der Waals surface area contributed by atoms with Crippen LogP contribution in [0.2, 0.25) is 0 Å². The molecule has 0 saturated carbocycles. The summed E-state index contributed by atoms with van der Waals surface area (Å²) < 4.78 is 41.9. The number of hydrogen-bond donors (Lipinski definition) is 0. The lowest BCUT2D eigenvalue weighted by atomic mass is 9.91. The molecule has 0 aromatic heterocycles. The molecule has 0 unspecified atom stereocenters. The second kappa shape index (κ2) is 7.34. The highest BCUT2D eigenvalue weighted by molar-refractivity contribution is 5.77. The molecule has 0 N–H and O–H groups in total. The van der Waals surface area contributed by atoms with Crippen molar-refractivity contribution in [1.29, 1.82) is 0 Å². The third-order valence-corrected chi connectivity index (χ3v) is 5.32. The summed E-state index contributed by atoms with van der Waals surface area (Å²) in [6.45, 7) is 9.68. The molecular weight excluding hydrogens is 361 g/mol. The molecule has 0 atom stereocenters. The van der Waals surface area contributed by atoms with Gasteiger partial charge in [0.1, 0.15) is 5.75 Å². The van der Waals surface area contributed by atoms with Gasteiger partial charge in [-0.2, -0.15) is 0 Å². The van der Waals surface area contributed by atoms with Gasteiger partial charge in [-0.3, -0.25) is 0 Å². The minimum Gasteiger partial charge on any atom is -0.406 e. The zero-order valence-electron chi connectivity index (χ0n) is 16.7. The highest BCUT2D eigenvalue weighted by Crippen LogP contribution is 2.36. The van der Waals surface area contributed by atoms with Crippen LogP contribution in [0.1, 0.15) is 27.8 Å². The van der Waals surface area contributed by atoms with Crippen LogP contribution in [0.3, 0.4) is 0 Å². The van der Waals surface area contributed by atoms with E-state index in [1.165, 1.54) is 17.2 Å². The molecule has 0 saturated heterocycles. The summed E-state index contributed by atoms with van der Waals surface area (Å²) in [7, 11) is 0. The molecule has 0 aliphatic carbocycles. The molecular formula is C24H23F3O. The van der Waals surface area contributed by atoms with E-state index in [0.29, 0.717) is 5.56 Å². The topological polar surface area (TPSA) is 9.23 Å². The molecule has 0 fully saturated rings. The fourth-order valence-corrected chi connectivity index (χ4v) is 3.39. The van der Waals surface area contributed by atoms with Crippen LogP contribution >= 0.6 is 0 Å². The Labute approximate surface area is 163 Å². The molecule has 3 aromatic carbocycles. The van der Waals surface area contributed by atoms with Crippen molar-refractivity contribution in [3.05, 3.63) is 76.3 Å². The SMILES string of the molecule is Cc1ccc(-c2ccc(-c3ccc(OC(F)(F)F)c(C)c3C)c(C)c2)cc1C. The number of halogens is 3. The highest BCUT2D eigenvalue weighted by Gasteiger charge is 2.32. The van der Waals surface area contributed by atoms with Crippen molar-refractivity contribution >= 4 is 0 Å². The molecule has 28 heavy (non-hydrogen) atoms. The molecule has 0 amide bonds. The van der Waals surface area contributed by atoms with Crippen LogP contribution in [0, 0.1) is 34.6 Å². The zero-order chi connectivity index (χ0) is 20.6. The van der Waals surface area contributed by atoms with Gasteiger partial charge in [-0.15, -0.1) is 13.2 Å². The molecule has 146 valence electrons. The first kappa shape index (κ1) is 20.0. The minimum absolute atomic E-state index is 0.154. The number of alkyl halides is 3. The third kappa shape index (κ3) is 4.06. The number of hydrogen-bond acceptors (Lipinski definition) is 1. The quantitative estimate of drug-likeness (QED) is 0.455. The summed E-state index contributed by atoms with van der Waals surface area (Å²) in [4.78, 5) is 0. The highest BCUT2D eigenvalue weighted by atomic mass is 19.4. The van der Waals surface area contributed by atoms with Crippen LogP contribution in [0.15, 0.2) is 48.5 Å². The van der Waals surface area contributed by atoms with Crippen molar-refractivity contribution < 1.29 is 17.9 Å². The molecule has 0 aliphatic rings. The Morgan fingerprint density at radius 1 is 0.607 bits per heavy atom. The monoisotopic (exact) mass is 384 g/mol. The van der Waals surface area contributed by atoms with E-state index in [2.05, 4.69) is 48.9 Å². The largest absolute Gasteiger partial charge is 0.573 e. The maximum Gasteiger partial charge on any atom is 0.573 e. The zero-order valence-corrected chi connectivity index (χ0v) is 16.7. The van der Waals surface area contributed by atoms with Gasteiger partial charge in [0.15, 0.2) is 0 Å². The van der Waals surface area contributed by atoms with Gasteiger partial charge in [0.2, 0.25) is 0 Å². The standard InChI is InChI=1S/C24H23F3O/c1-14-6-7-19(12-15(14)2)20-8-9-21(16(3)13-20)22-10-11-23(18(5)17(22)4)28-24(25,26)27/h6-13H,1-5H3. The van der Waals surface area contributed by atoms with Crippen LogP contribution < -0.4 is 4.74 Å². The van der Waals surface area contributed by atoms with Gasteiger partial charge in [-0.1, -0.05) is 42.5 Å². The molecule has 1 nitrogen and oxygen atoms in total. The number of ether oxygens (including phenoxy) is 1. The van der Waals surface area contributed by atoms with Gasteiger partial charge in [0.25, 0.3) is 0 Å². The Balaban J connectivity index is 2.00. The van der Waals surface area contributed by atoms with Gasteiger partial charge in [0.05, 0.1) is 0 Å². The van der Waals surface area contributed by atoms with Gasteiger partial charge >= 0.3 is 6.36 Å². The van der Waals surface area contributed by atoms with E-state index in [0.717, 1.165) is 33.4 Å². The van der Waals surface area contributed by atoms with Crippen LogP contribution in [-0.4, -0.2) is 6.36 Å². The van der Waals surface area contributed by atoms with Crippen molar-refractivity contribution in [2.45, 2.75) is 41.0 Å². The Hall–Kier alpha value is -2.75. The first-order chi connectivity index (χ1) is 13.1. The van der Waals surface area contributed by atoms with Crippen LogP contribution in [-0.2, 0) is 0 Å². The second-order valence-corrected chi connectivity index (χ2v) is 7.24.